The van der Waals surface area contributed by atoms with E-state index in [1.807, 2.05) is 0 Å². The van der Waals surface area contributed by atoms with E-state index < -0.39 is 0 Å². The van der Waals surface area contributed by atoms with E-state index in [0.29, 0.717) is 6.67 Å². The average Bonchev–Trinajstić information content (AvgIpc) is 1.90. The van der Waals surface area contributed by atoms with Gasteiger partial charge in [-0.2, -0.15) is 0 Å². The molecule has 0 aliphatic carbocycles. The maximum Gasteiger partial charge on any atom is 0.116 e. The second-order valence-corrected chi connectivity index (χ2v) is 1.40. The summed E-state index contributed by atoms with van der Waals surface area (Å²) >= 11 is 0. The summed E-state index contributed by atoms with van der Waals surface area (Å²) in [7, 11) is 0. The van der Waals surface area contributed by atoms with Crippen LogP contribution in [0.15, 0.2) is 22.8 Å². The Morgan fingerprint density at radius 3 is 3.00 bits per heavy atom. The quantitative estimate of drug-likeness (QED) is 0.480. The Morgan fingerprint density at radius 1 is 1.75 bits per heavy atom. The first-order valence-electron chi connectivity index (χ1n) is 2.33. The highest BCUT2D eigenvalue weighted by atomic mass is 15.2. The average molecular weight is 109 g/mol. The van der Waals surface area contributed by atoms with E-state index in [2.05, 4.69) is 16.6 Å². The zero-order valence-corrected chi connectivity index (χ0v) is 4.49. The van der Waals surface area contributed by atoms with Gasteiger partial charge in [0.25, 0.3) is 0 Å². The van der Waals surface area contributed by atoms with Gasteiger partial charge >= 0.3 is 0 Å². The molecule has 0 saturated heterocycles. The summed E-state index contributed by atoms with van der Waals surface area (Å²) in [6.07, 6.45) is 4.89. The number of rotatable bonds is 1. The van der Waals surface area contributed by atoms with Crippen LogP contribution in [0.25, 0.3) is 0 Å². The van der Waals surface area contributed by atoms with E-state index in [9.17, 15) is 0 Å². The van der Waals surface area contributed by atoms with Gasteiger partial charge in [0.15, 0.2) is 0 Å². The smallest absolute Gasteiger partial charge is 0.116 e. The van der Waals surface area contributed by atoms with Crippen LogP contribution in [-0.4, -0.2) is 24.2 Å². The number of hydrogen-bond donors (Lipinski definition) is 0. The molecule has 0 aromatic heterocycles. The molecule has 3 nitrogen and oxygen atoms in total. The second-order valence-electron chi connectivity index (χ2n) is 1.40. The van der Waals surface area contributed by atoms with Crippen molar-refractivity contribution in [1.82, 2.24) is 4.90 Å². The van der Waals surface area contributed by atoms with E-state index in [0.717, 1.165) is 0 Å². The van der Waals surface area contributed by atoms with Crippen LogP contribution in [0.2, 0.25) is 0 Å². The molecule has 42 valence electrons. The van der Waals surface area contributed by atoms with Gasteiger partial charge in [0.05, 0.1) is 6.34 Å². The van der Waals surface area contributed by atoms with Crippen molar-refractivity contribution in [3.63, 3.8) is 0 Å². The lowest BCUT2D eigenvalue weighted by Crippen LogP contribution is -2.16. The molecule has 0 amide bonds. The van der Waals surface area contributed by atoms with Crippen LogP contribution in [-0.2, 0) is 0 Å². The molecule has 1 rings (SSSR count). The van der Waals surface area contributed by atoms with Gasteiger partial charge < -0.3 is 4.90 Å². The number of hydrogen-bond acceptors (Lipinski definition) is 3. The van der Waals surface area contributed by atoms with Gasteiger partial charge in [0.1, 0.15) is 13.0 Å². The molecule has 3 heteroatoms. The molecule has 0 atom stereocenters. The van der Waals surface area contributed by atoms with Gasteiger partial charge in [0, 0.05) is 0 Å². The maximum atomic E-state index is 3.86. The summed E-state index contributed by atoms with van der Waals surface area (Å²) in [4.78, 5) is 9.42. The van der Waals surface area contributed by atoms with Crippen molar-refractivity contribution in [2.75, 3.05) is 6.67 Å². The van der Waals surface area contributed by atoms with Crippen molar-refractivity contribution < 1.29 is 0 Å². The molecule has 0 fully saturated rings. The Hall–Kier alpha value is -1.12. The number of nitrogens with zero attached hydrogens (tertiary/aromatic N) is 3. The summed E-state index contributed by atoms with van der Waals surface area (Å²) in [5.74, 6) is 0. The van der Waals surface area contributed by atoms with Crippen LogP contribution >= 0.6 is 0 Å². The van der Waals surface area contributed by atoms with E-state index in [1.165, 1.54) is 6.34 Å². The first-order valence-corrected chi connectivity index (χ1v) is 2.33. The van der Waals surface area contributed by atoms with Gasteiger partial charge in [-0.15, -0.1) is 0 Å². The van der Waals surface area contributed by atoms with Crippen LogP contribution < -0.4 is 0 Å². The maximum absolute atomic E-state index is 3.86. The fourth-order valence-corrected chi connectivity index (χ4v) is 0.435. The molecule has 1 aliphatic heterocycles. The highest BCUT2D eigenvalue weighted by Crippen LogP contribution is 1.87. The van der Waals surface area contributed by atoms with Crippen molar-refractivity contribution in [3.8, 4) is 0 Å². The normalized spacial score (nSPS) is 16.8. The molecular weight excluding hydrogens is 102 g/mol. The minimum Gasteiger partial charge on any atom is -0.319 e. The topological polar surface area (TPSA) is 28.0 Å². The van der Waals surface area contributed by atoms with E-state index >= 15 is 0 Å². The molecule has 8 heavy (non-hydrogen) atoms. The van der Waals surface area contributed by atoms with E-state index in [-0.39, 0.29) is 0 Å². The Labute approximate surface area is 48.1 Å². The van der Waals surface area contributed by atoms with Gasteiger partial charge in [0.2, 0.25) is 0 Å². The fraction of sp³-hybridized carbons (Fsp3) is 0.200. The van der Waals surface area contributed by atoms with Crippen LogP contribution in [0.5, 0.6) is 0 Å². The minimum atomic E-state index is 0.646. The SMILES string of the molecule is C=CN1C=NC=NC1. The number of aliphatic imine (C=N–C) groups is 2. The van der Waals surface area contributed by atoms with Crippen molar-refractivity contribution in [1.29, 1.82) is 0 Å². The van der Waals surface area contributed by atoms with Crippen molar-refractivity contribution in [2.24, 2.45) is 9.98 Å². The largest absolute Gasteiger partial charge is 0.319 e. The van der Waals surface area contributed by atoms with Crippen LogP contribution in [0, 0.1) is 0 Å². The Bertz CT molecular complexity index is 137. The lowest BCUT2D eigenvalue weighted by atomic mass is 10.7. The van der Waals surface area contributed by atoms with Gasteiger partial charge in [-0.1, -0.05) is 6.58 Å². The van der Waals surface area contributed by atoms with Crippen LogP contribution in [0.3, 0.4) is 0 Å². The first kappa shape index (κ1) is 5.03. The summed E-state index contributed by atoms with van der Waals surface area (Å²) in [5, 5.41) is 0. The van der Waals surface area contributed by atoms with Gasteiger partial charge in [-0.3, -0.25) is 4.99 Å². The van der Waals surface area contributed by atoms with Crippen molar-refractivity contribution in [3.05, 3.63) is 12.8 Å². The highest BCUT2D eigenvalue weighted by molar-refractivity contribution is 5.73. The zero-order valence-electron chi connectivity index (χ0n) is 4.49. The van der Waals surface area contributed by atoms with Gasteiger partial charge in [-0.05, 0) is 6.20 Å². The Kier molecular flexibility index (Phi) is 1.42. The summed E-state index contributed by atoms with van der Waals surface area (Å²) in [5.41, 5.74) is 0. The molecule has 0 bridgehead atoms. The molecular formula is C5H7N3. The minimum absolute atomic E-state index is 0.646. The third kappa shape index (κ3) is 0.932. The van der Waals surface area contributed by atoms with Crippen LogP contribution in [0.4, 0.5) is 0 Å². The third-order valence-electron chi connectivity index (χ3n) is 0.843. The molecule has 0 aromatic rings. The summed E-state index contributed by atoms with van der Waals surface area (Å²) in [6, 6.07) is 0. The Balaban J connectivity index is 2.51. The molecule has 0 unspecified atom stereocenters. The predicted molar refractivity (Wildman–Crippen MR) is 33.9 cm³/mol. The van der Waals surface area contributed by atoms with Gasteiger partial charge in [-0.25, -0.2) is 4.99 Å². The molecule has 0 aromatic carbocycles. The third-order valence-corrected chi connectivity index (χ3v) is 0.843. The van der Waals surface area contributed by atoms with Crippen molar-refractivity contribution >= 4 is 12.7 Å². The lowest BCUT2D eigenvalue weighted by molar-refractivity contribution is 0.588. The first-order chi connectivity index (χ1) is 3.93. The Morgan fingerprint density at radius 2 is 2.62 bits per heavy atom. The molecule has 1 aliphatic rings. The summed E-state index contributed by atoms with van der Waals surface area (Å²) in [6.45, 7) is 4.19. The summed E-state index contributed by atoms with van der Waals surface area (Å²) < 4.78 is 0. The lowest BCUT2D eigenvalue weighted by Gasteiger charge is -2.11. The molecule has 0 spiro atoms. The molecule has 0 saturated carbocycles. The molecule has 0 radical (unpaired) electrons. The fourth-order valence-electron chi connectivity index (χ4n) is 0.435. The predicted octanol–water partition coefficient (Wildman–Crippen LogP) is 0.460. The highest BCUT2D eigenvalue weighted by Gasteiger charge is 1.91. The molecule has 0 N–H and O–H groups in total. The second kappa shape index (κ2) is 2.26. The van der Waals surface area contributed by atoms with Crippen molar-refractivity contribution in [2.45, 2.75) is 0 Å². The van der Waals surface area contributed by atoms with Crippen LogP contribution in [0.1, 0.15) is 0 Å². The standard InChI is InChI=1S/C5H7N3/c1-2-8-4-6-3-7-5-8/h2-4H,1,5H2. The monoisotopic (exact) mass is 109 g/mol. The van der Waals surface area contributed by atoms with E-state index in [4.69, 9.17) is 0 Å². The van der Waals surface area contributed by atoms with E-state index in [1.54, 1.807) is 17.4 Å². The zero-order chi connectivity index (χ0) is 5.82. The molecule has 1 heterocycles.